The molecule has 0 bridgehead atoms. The van der Waals surface area contributed by atoms with Crippen molar-refractivity contribution in [1.82, 2.24) is 4.98 Å². The van der Waals surface area contributed by atoms with E-state index < -0.39 is 5.91 Å². The van der Waals surface area contributed by atoms with Crippen LogP contribution >= 0.6 is 0 Å². The number of hydrogen-bond acceptors (Lipinski definition) is 3. The monoisotopic (exact) mass is 182 g/mol. The van der Waals surface area contributed by atoms with Gasteiger partial charge < -0.3 is 10.2 Å². The van der Waals surface area contributed by atoms with Crippen LogP contribution in [0.4, 0.5) is 0 Å². The summed E-state index contributed by atoms with van der Waals surface area (Å²) in [5.41, 5.74) is 4.92. The van der Waals surface area contributed by atoms with Crippen LogP contribution in [0.2, 0.25) is 0 Å². The molecule has 4 heteroatoms. The van der Waals surface area contributed by atoms with E-state index in [1.165, 1.54) is 0 Å². The Morgan fingerprint density at radius 3 is 2.69 bits per heavy atom. The molecular formula is C9H14N2O2. The molecule has 0 unspecified atom stereocenters. The van der Waals surface area contributed by atoms with Crippen molar-refractivity contribution in [3.63, 3.8) is 0 Å². The molecule has 0 aliphatic carbocycles. The maximum atomic E-state index is 10.7. The summed E-state index contributed by atoms with van der Waals surface area (Å²) in [6.45, 7) is 6.10. The fourth-order valence-corrected chi connectivity index (χ4v) is 0.875. The van der Waals surface area contributed by atoms with Crippen LogP contribution in [0, 0.1) is 0 Å². The lowest BCUT2D eigenvalue weighted by atomic mass is 9.88. The number of oxazole rings is 1. The number of nitrogens with two attached hydrogens (primary N) is 1. The Kier molecular flexibility index (Phi) is 2.40. The molecule has 1 amide bonds. The zero-order valence-corrected chi connectivity index (χ0v) is 8.13. The van der Waals surface area contributed by atoms with Gasteiger partial charge in [0.15, 0.2) is 0 Å². The predicted octanol–water partition coefficient (Wildman–Crippen LogP) is 1.46. The lowest BCUT2D eigenvalue weighted by Crippen LogP contribution is -2.14. The van der Waals surface area contributed by atoms with Gasteiger partial charge in [0.25, 0.3) is 5.89 Å². The summed E-state index contributed by atoms with van der Waals surface area (Å²) in [5.74, 6) is 0.0541. The van der Waals surface area contributed by atoms with Gasteiger partial charge in [0.05, 0.1) is 6.20 Å². The molecule has 0 spiro atoms. The Morgan fingerprint density at radius 1 is 1.69 bits per heavy atom. The Balaban J connectivity index is 2.98. The van der Waals surface area contributed by atoms with E-state index in [1.807, 2.05) is 20.8 Å². The van der Waals surface area contributed by atoms with Crippen LogP contribution in [-0.4, -0.2) is 10.9 Å². The van der Waals surface area contributed by atoms with Crippen LogP contribution in [0.25, 0.3) is 0 Å². The summed E-state index contributed by atoms with van der Waals surface area (Å²) in [5, 5.41) is 0. The summed E-state index contributed by atoms with van der Waals surface area (Å²) in [4.78, 5) is 14.5. The molecule has 0 saturated heterocycles. The third kappa shape index (κ3) is 1.88. The molecule has 0 aliphatic rings. The van der Waals surface area contributed by atoms with Crippen molar-refractivity contribution in [3.8, 4) is 0 Å². The number of carbonyl (C=O) groups is 1. The lowest BCUT2D eigenvalue weighted by molar-refractivity contribution is 0.0963. The first-order chi connectivity index (χ1) is 5.97. The maximum absolute atomic E-state index is 10.7. The summed E-state index contributed by atoms with van der Waals surface area (Å²) in [6.07, 6.45) is 2.48. The largest absolute Gasteiger partial charge is 0.437 e. The van der Waals surface area contributed by atoms with E-state index in [-0.39, 0.29) is 11.3 Å². The van der Waals surface area contributed by atoms with Gasteiger partial charge in [0.1, 0.15) is 5.76 Å². The molecular weight excluding hydrogens is 168 g/mol. The van der Waals surface area contributed by atoms with Gasteiger partial charge in [-0.1, -0.05) is 20.8 Å². The Labute approximate surface area is 77.1 Å². The van der Waals surface area contributed by atoms with Gasteiger partial charge in [-0.3, -0.25) is 4.79 Å². The Hall–Kier alpha value is -1.32. The van der Waals surface area contributed by atoms with Gasteiger partial charge in [0, 0.05) is 5.41 Å². The molecule has 0 aromatic carbocycles. The lowest BCUT2D eigenvalue weighted by Gasteiger charge is -2.18. The van der Waals surface area contributed by atoms with Gasteiger partial charge in [-0.2, -0.15) is 0 Å². The highest BCUT2D eigenvalue weighted by Gasteiger charge is 2.23. The van der Waals surface area contributed by atoms with Crippen molar-refractivity contribution in [2.24, 2.45) is 5.73 Å². The Bertz CT molecular complexity index is 315. The van der Waals surface area contributed by atoms with E-state index in [0.717, 1.165) is 6.42 Å². The molecule has 0 fully saturated rings. The molecule has 0 radical (unpaired) electrons. The first-order valence-corrected chi connectivity index (χ1v) is 4.23. The molecule has 0 atom stereocenters. The van der Waals surface area contributed by atoms with Crippen LogP contribution in [0.3, 0.4) is 0 Å². The molecule has 4 nitrogen and oxygen atoms in total. The van der Waals surface area contributed by atoms with Crippen molar-refractivity contribution in [1.29, 1.82) is 0 Å². The number of carbonyl (C=O) groups excluding carboxylic acids is 1. The molecule has 0 aliphatic heterocycles. The minimum atomic E-state index is -0.627. The van der Waals surface area contributed by atoms with E-state index in [9.17, 15) is 4.79 Å². The molecule has 1 heterocycles. The van der Waals surface area contributed by atoms with Crippen LogP contribution in [-0.2, 0) is 5.41 Å². The number of nitrogens with zero attached hydrogens (tertiary/aromatic N) is 1. The first-order valence-electron chi connectivity index (χ1n) is 4.23. The van der Waals surface area contributed by atoms with Crippen LogP contribution in [0.5, 0.6) is 0 Å². The fraction of sp³-hybridized carbons (Fsp3) is 0.556. The number of aromatic nitrogens is 1. The molecule has 1 rings (SSSR count). The zero-order valence-electron chi connectivity index (χ0n) is 8.13. The maximum Gasteiger partial charge on any atom is 0.304 e. The minimum absolute atomic E-state index is 0.0171. The van der Waals surface area contributed by atoms with E-state index >= 15 is 0 Å². The quantitative estimate of drug-likeness (QED) is 0.769. The average Bonchev–Trinajstić information content (AvgIpc) is 2.52. The molecule has 0 saturated carbocycles. The third-order valence-electron chi connectivity index (χ3n) is 2.27. The highest BCUT2D eigenvalue weighted by atomic mass is 16.4. The van der Waals surface area contributed by atoms with E-state index in [4.69, 9.17) is 10.2 Å². The third-order valence-corrected chi connectivity index (χ3v) is 2.27. The Morgan fingerprint density at radius 2 is 2.31 bits per heavy atom. The summed E-state index contributed by atoms with van der Waals surface area (Å²) < 4.78 is 5.22. The second-order valence-corrected chi connectivity index (χ2v) is 3.63. The standard InChI is InChI=1S/C9H14N2O2/c1-4-9(2,3)6-5-11-8(13-6)7(10)12/h5H,4H2,1-3H3,(H2,10,12). The van der Waals surface area contributed by atoms with Gasteiger partial charge in [-0.25, -0.2) is 4.98 Å². The van der Waals surface area contributed by atoms with Gasteiger partial charge >= 0.3 is 5.91 Å². The second-order valence-electron chi connectivity index (χ2n) is 3.63. The average molecular weight is 182 g/mol. The van der Waals surface area contributed by atoms with Gasteiger partial charge in [0.2, 0.25) is 0 Å². The molecule has 1 aromatic heterocycles. The first kappa shape index (κ1) is 9.77. The number of rotatable bonds is 3. The van der Waals surface area contributed by atoms with Crippen molar-refractivity contribution < 1.29 is 9.21 Å². The summed E-state index contributed by atoms with van der Waals surface area (Å²) in [7, 11) is 0. The number of amides is 1. The summed E-state index contributed by atoms with van der Waals surface area (Å²) in [6, 6.07) is 0. The second kappa shape index (κ2) is 3.20. The molecule has 13 heavy (non-hydrogen) atoms. The molecule has 72 valence electrons. The zero-order chi connectivity index (χ0) is 10.1. The SMILES string of the molecule is CCC(C)(C)c1cnc(C(N)=O)o1. The van der Waals surface area contributed by atoms with Crippen molar-refractivity contribution >= 4 is 5.91 Å². The number of primary amides is 1. The number of hydrogen-bond donors (Lipinski definition) is 1. The van der Waals surface area contributed by atoms with E-state index in [0.29, 0.717) is 5.76 Å². The van der Waals surface area contributed by atoms with Crippen molar-refractivity contribution in [2.75, 3.05) is 0 Å². The smallest absolute Gasteiger partial charge is 0.304 e. The normalized spacial score (nSPS) is 11.6. The van der Waals surface area contributed by atoms with Gasteiger partial charge in [-0.15, -0.1) is 0 Å². The van der Waals surface area contributed by atoms with Crippen molar-refractivity contribution in [2.45, 2.75) is 32.6 Å². The van der Waals surface area contributed by atoms with Crippen LogP contribution in [0.1, 0.15) is 43.6 Å². The molecule has 1 aromatic rings. The predicted molar refractivity (Wildman–Crippen MR) is 48.3 cm³/mol. The van der Waals surface area contributed by atoms with Crippen molar-refractivity contribution in [3.05, 3.63) is 17.8 Å². The van der Waals surface area contributed by atoms with Crippen LogP contribution in [0.15, 0.2) is 10.6 Å². The van der Waals surface area contributed by atoms with Gasteiger partial charge in [-0.05, 0) is 6.42 Å². The topological polar surface area (TPSA) is 69.1 Å². The highest BCUT2D eigenvalue weighted by molar-refractivity contribution is 5.87. The highest BCUT2D eigenvalue weighted by Crippen LogP contribution is 2.26. The van der Waals surface area contributed by atoms with E-state index in [2.05, 4.69) is 4.98 Å². The van der Waals surface area contributed by atoms with E-state index in [1.54, 1.807) is 6.20 Å². The fourth-order valence-electron chi connectivity index (χ4n) is 0.875. The molecule has 2 N–H and O–H groups in total. The van der Waals surface area contributed by atoms with Crippen LogP contribution < -0.4 is 5.73 Å². The summed E-state index contributed by atoms with van der Waals surface area (Å²) >= 11 is 0. The minimum Gasteiger partial charge on any atom is -0.437 e.